The quantitative estimate of drug-likeness (QED) is 0.848. The molecule has 0 bridgehead atoms. The van der Waals surface area contributed by atoms with Gasteiger partial charge in [-0.1, -0.05) is 11.6 Å². The summed E-state index contributed by atoms with van der Waals surface area (Å²) >= 11 is 6.11. The van der Waals surface area contributed by atoms with Gasteiger partial charge in [0, 0.05) is 32.7 Å². The molecule has 0 atom stereocenters. The molecular formula is C11H17ClN4O2. The van der Waals surface area contributed by atoms with Gasteiger partial charge in [-0.05, 0) is 0 Å². The number of aliphatic hydroxyl groups is 1. The molecule has 1 aromatic heterocycles. The number of piperazine rings is 1. The Morgan fingerprint density at radius 1 is 1.39 bits per heavy atom. The zero-order valence-corrected chi connectivity index (χ0v) is 11.1. The van der Waals surface area contributed by atoms with E-state index in [2.05, 4.69) is 19.8 Å². The van der Waals surface area contributed by atoms with Crippen LogP contribution in [0.15, 0.2) is 6.20 Å². The van der Waals surface area contributed by atoms with Crippen molar-refractivity contribution in [1.29, 1.82) is 0 Å². The minimum absolute atomic E-state index is 0.197. The summed E-state index contributed by atoms with van der Waals surface area (Å²) in [6, 6.07) is 0.326. The van der Waals surface area contributed by atoms with E-state index in [0.29, 0.717) is 23.4 Å². The van der Waals surface area contributed by atoms with Crippen LogP contribution in [0.1, 0.15) is 0 Å². The van der Waals surface area contributed by atoms with Crippen molar-refractivity contribution in [3.8, 4) is 6.01 Å². The Morgan fingerprint density at radius 2 is 2.11 bits per heavy atom. The first-order chi connectivity index (χ1) is 8.74. The van der Waals surface area contributed by atoms with Gasteiger partial charge in [0.2, 0.25) is 0 Å². The second-order valence-electron chi connectivity index (χ2n) is 4.08. The lowest BCUT2D eigenvalue weighted by atomic mass is 10.3. The van der Waals surface area contributed by atoms with Gasteiger partial charge in [0.15, 0.2) is 5.82 Å². The molecule has 0 aliphatic carbocycles. The van der Waals surface area contributed by atoms with Crippen LogP contribution in [-0.4, -0.2) is 66.4 Å². The highest BCUT2D eigenvalue weighted by Crippen LogP contribution is 2.25. The van der Waals surface area contributed by atoms with Gasteiger partial charge >= 0.3 is 6.01 Å². The number of β-amino-alcohol motifs (C(OH)–C–C–N with tert-alkyl or cyclic N) is 1. The first kappa shape index (κ1) is 13.3. The Kier molecular flexibility index (Phi) is 4.57. The van der Waals surface area contributed by atoms with Gasteiger partial charge < -0.3 is 14.7 Å². The molecule has 0 amide bonds. The summed E-state index contributed by atoms with van der Waals surface area (Å²) in [6.07, 6.45) is 1.56. The first-order valence-electron chi connectivity index (χ1n) is 5.89. The molecule has 2 heterocycles. The zero-order chi connectivity index (χ0) is 13.0. The molecule has 0 unspecified atom stereocenters. The number of aromatic nitrogens is 2. The lowest BCUT2D eigenvalue weighted by Gasteiger charge is -2.35. The van der Waals surface area contributed by atoms with Crippen LogP contribution in [0.25, 0.3) is 0 Å². The van der Waals surface area contributed by atoms with Crippen molar-refractivity contribution >= 4 is 17.4 Å². The van der Waals surface area contributed by atoms with Gasteiger partial charge in [-0.15, -0.1) is 0 Å². The van der Waals surface area contributed by atoms with E-state index in [1.807, 2.05) is 0 Å². The third kappa shape index (κ3) is 3.01. The number of ether oxygens (including phenoxy) is 1. The maximum absolute atomic E-state index is 8.90. The van der Waals surface area contributed by atoms with E-state index in [0.717, 1.165) is 26.2 Å². The van der Waals surface area contributed by atoms with Crippen LogP contribution in [0.5, 0.6) is 6.01 Å². The standard InChI is InChI=1S/C11H17ClN4O2/c1-18-11-13-8-9(12)10(14-11)16-4-2-15(3-5-16)6-7-17/h8,17H,2-7H2,1H3. The van der Waals surface area contributed by atoms with Crippen LogP contribution in [-0.2, 0) is 0 Å². The summed E-state index contributed by atoms with van der Waals surface area (Å²) in [5.74, 6) is 0.715. The zero-order valence-electron chi connectivity index (χ0n) is 10.3. The molecule has 1 aliphatic heterocycles. The molecule has 0 saturated carbocycles. The molecule has 0 radical (unpaired) electrons. The van der Waals surface area contributed by atoms with Crippen molar-refractivity contribution in [3.05, 3.63) is 11.2 Å². The summed E-state index contributed by atoms with van der Waals surface area (Å²) in [5.41, 5.74) is 0. The Labute approximate surface area is 111 Å². The lowest BCUT2D eigenvalue weighted by molar-refractivity contribution is 0.188. The molecule has 1 fully saturated rings. The number of anilines is 1. The summed E-state index contributed by atoms with van der Waals surface area (Å²) in [5, 5.41) is 9.43. The average molecular weight is 273 g/mol. The molecular weight excluding hydrogens is 256 g/mol. The molecule has 7 heteroatoms. The number of rotatable bonds is 4. The Bertz CT molecular complexity index is 397. The van der Waals surface area contributed by atoms with Crippen molar-refractivity contribution in [2.24, 2.45) is 0 Å². The fourth-order valence-corrected chi connectivity index (χ4v) is 2.20. The SMILES string of the molecule is COc1ncc(Cl)c(N2CCN(CCO)CC2)n1. The van der Waals surface area contributed by atoms with Gasteiger partial charge in [-0.25, -0.2) is 4.98 Å². The van der Waals surface area contributed by atoms with Gasteiger partial charge in [0.1, 0.15) is 5.02 Å². The van der Waals surface area contributed by atoms with Crippen molar-refractivity contribution in [2.75, 3.05) is 51.3 Å². The summed E-state index contributed by atoms with van der Waals surface area (Å²) in [4.78, 5) is 12.6. The predicted octanol–water partition coefficient (Wildman–Crippen LogP) is 0.253. The van der Waals surface area contributed by atoms with Gasteiger partial charge in [0.05, 0.1) is 19.9 Å². The van der Waals surface area contributed by atoms with Crippen LogP contribution < -0.4 is 9.64 Å². The van der Waals surface area contributed by atoms with Crippen LogP contribution >= 0.6 is 11.6 Å². The highest BCUT2D eigenvalue weighted by Gasteiger charge is 2.20. The molecule has 6 nitrogen and oxygen atoms in total. The van der Waals surface area contributed by atoms with Crippen molar-refractivity contribution in [1.82, 2.24) is 14.9 Å². The highest BCUT2D eigenvalue weighted by atomic mass is 35.5. The second-order valence-corrected chi connectivity index (χ2v) is 4.49. The maximum Gasteiger partial charge on any atom is 0.318 e. The predicted molar refractivity (Wildman–Crippen MR) is 69.3 cm³/mol. The fraction of sp³-hybridized carbons (Fsp3) is 0.636. The molecule has 0 spiro atoms. The molecule has 1 saturated heterocycles. The fourth-order valence-electron chi connectivity index (χ4n) is 1.99. The average Bonchev–Trinajstić information content (AvgIpc) is 2.41. The number of nitrogens with zero attached hydrogens (tertiary/aromatic N) is 4. The molecule has 1 aromatic rings. The van der Waals surface area contributed by atoms with E-state index in [1.165, 1.54) is 7.11 Å². The summed E-state index contributed by atoms with van der Waals surface area (Å²) in [7, 11) is 1.53. The van der Waals surface area contributed by atoms with Crippen molar-refractivity contribution in [2.45, 2.75) is 0 Å². The van der Waals surface area contributed by atoms with E-state index in [1.54, 1.807) is 6.20 Å². The van der Waals surface area contributed by atoms with Crippen molar-refractivity contribution in [3.63, 3.8) is 0 Å². The number of hydrogen-bond donors (Lipinski definition) is 1. The van der Waals surface area contributed by atoms with E-state index in [4.69, 9.17) is 21.4 Å². The minimum atomic E-state index is 0.197. The molecule has 1 aliphatic rings. The largest absolute Gasteiger partial charge is 0.467 e. The Hall–Kier alpha value is -1.11. The molecule has 1 N–H and O–H groups in total. The van der Waals surface area contributed by atoms with E-state index < -0.39 is 0 Å². The molecule has 18 heavy (non-hydrogen) atoms. The smallest absolute Gasteiger partial charge is 0.318 e. The Balaban J connectivity index is 2.04. The van der Waals surface area contributed by atoms with E-state index in [-0.39, 0.29) is 6.61 Å². The van der Waals surface area contributed by atoms with Crippen LogP contribution in [0.4, 0.5) is 5.82 Å². The first-order valence-corrected chi connectivity index (χ1v) is 6.27. The van der Waals surface area contributed by atoms with Crippen molar-refractivity contribution < 1.29 is 9.84 Å². The third-order valence-corrected chi connectivity index (χ3v) is 3.24. The highest BCUT2D eigenvalue weighted by molar-refractivity contribution is 6.32. The van der Waals surface area contributed by atoms with Gasteiger partial charge in [0.25, 0.3) is 0 Å². The van der Waals surface area contributed by atoms with E-state index in [9.17, 15) is 0 Å². The normalized spacial score (nSPS) is 16.9. The maximum atomic E-state index is 8.90. The van der Waals surface area contributed by atoms with Crippen LogP contribution in [0, 0.1) is 0 Å². The minimum Gasteiger partial charge on any atom is -0.467 e. The topological polar surface area (TPSA) is 61.7 Å². The monoisotopic (exact) mass is 272 g/mol. The number of methoxy groups -OCH3 is 1. The third-order valence-electron chi connectivity index (χ3n) is 2.97. The van der Waals surface area contributed by atoms with Gasteiger partial charge in [-0.2, -0.15) is 4.98 Å². The second kappa shape index (κ2) is 6.17. The lowest BCUT2D eigenvalue weighted by Crippen LogP contribution is -2.47. The summed E-state index contributed by atoms with van der Waals surface area (Å²) in [6.45, 7) is 4.36. The Morgan fingerprint density at radius 3 is 2.72 bits per heavy atom. The van der Waals surface area contributed by atoms with Crippen LogP contribution in [0.2, 0.25) is 5.02 Å². The number of halogens is 1. The van der Waals surface area contributed by atoms with Gasteiger partial charge in [-0.3, -0.25) is 4.90 Å². The number of aliphatic hydroxyl groups excluding tert-OH is 1. The van der Waals surface area contributed by atoms with E-state index >= 15 is 0 Å². The molecule has 100 valence electrons. The van der Waals surface area contributed by atoms with Crippen LogP contribution in [0.3, 0.4) is 0 Å². The summed E-state index contributed by atoms with van der Waals surface area (Å²) < 4.78 is 5.01. The number of hydrogen-bond acceptors (Lipinski definition) is 6. The molecule has 2 rings (SSSR count). The molecule has 0 aromatic carbocycles.